The molecule has 11 heteroatoms. The summed E-state index contributed by atoms with van der Waals surface area (Å²) in [6.07, 6.45) is -3.92. The molecule has 0 amide bonds. The Kier molecular flexibility index (Phi) is 4.93. The van der Waals surface area contributed by atoms with Gasteiger partial charge in [0.05, 0.1) is 7.11 Å². The minimum atomic E-state index is -3.92. The number of fused-ring (bicyclic) bond motifs is 1. The number of alkyl halides is 2. The normalized spacial score (nSPS) is 16.2. The van der Waals surface area contributed by atoms with Crippen molar-refractivity contribution in [2.75, 3.05) is 20.8 Å². The second-order valence-corrected chi connectivity index (χ2v) is 4.34. The maximum absolute atomic E-state index is 13.8. The SMILES string of the molecule is COCC(O)=C(N=Nc1cc2c(cc1F)OC(F)(F)O2)C(=O)OC. The van der Waals surface area contributed by atoms with Gasteiger partial charge in [-0.15, -0.1) is 19.0 Å². The molecule has 0 unspecified atom stereocenters. The van der Waals surface area contributed by atoms with E-state index in [1.807, 2.05) is 0 Å². The number of aliphatic hydroxyl groups excluding tert-OH is 1. The van der Waals surface area contributed by atoms with Crippen molar-refractivity contribution in [3.8, 4) is 11.5 Å². The van der Waals surface area contributed by atoms with Gasteiger partial charge in [0.1, 0.15) is 12.3 Å². The smallest absolute Gasteiger partial charge is 0.507 e. The van der Waals surface area contributed by atoms with Crippen molar-refractivity contribution in [3.05, 3.63) is 29.4 Å². The Hall–Kier alpha value is -2.82. The Morgan fingerprint density at radius 3 is 2.50 bits per heavy atom. The number of aliphatic hydroxyl groups is 1. The lowest BCUT2D eigenvalue weighted by atomic mass is 10.3. The second-order valence-electron chi connectivity index (χ2n) is 4.34. The first-order chi connectivity index (χ1) is 11.3. The number of hydrogen-bond acceptors (Lipinski definition) is 8. The zero-order valence-electron chi connectivity index (χ0n) is 12.4. The van der Waals surface area contributed by atoms with Gasteiger partial charge in [0.2, 0.25) is 5.70 Å². The zero-order chi connectivity index (χ0) is 17.9. The van der Waals surface area contributed by atoms with Crippen LogP contribution in [0.2, 0.25) is 0 Å². The van der Waals surface area contributed by atoms with E-state index in [1.54, 1.807) is 0 Å². The molecule has 1 aromatic carbocycles. The van der Waals surface area contributed by atoms with Crippen LogP contribution in [-0.4, -0.2) is 38.2 Å². The number of esters is 1. The van der Waals surface area contributed by atoms with Crippen molar-refractivity contribution in [2.24, 2.45) is 10.2 Å². The number of carbonyl (C=O) groups excluding carboxylic acids is 1. The molecule has 2 rings (SSSR count). The van der Waals surface area contributed by atoms with Gasteiger partial charge in [-0.2, -0.15) is 0 Å². The first kappa shape index (κ1) is 17.5. The van der Waals surface area contributed by atoms with Crippen molar-refractivity contribution in [1.82, 2.24) is 0 Å². The summed E-state index contributed by atoms with van der Waals surface area (Å²) in [4.78, 5) is 11.5. The van der Waals surface area contributed by atoms with Crippen molar-refractivity contribution < 1.29 is 42.0 Å². The summed E-state index contributed by atoms with van der Waals surface area (Å²) in [5.74, 6) is -3.70. The van der Waals surface area contributed by atoms with Crippen LogP contribution in [0.1, 0.15) is 0 Å². The Labute approximate surface area is 133 Å². The molecule has 1 N–H and O–H groups in total. The number of carbonyl (C=O) groups is 1. The van der Waals surface area contributed by atoms with E-state index in [2.05, 4.69) is 29.2 Å². The summed E-state index contributed by atoms with van der Waals surface area (Å²) in [7, 11) is 2.28. The summed E-state index contributed by atoms with van der Waals surface area (Å²) in [5, 5.41) is 16.4. The van der Waals surface area contributed by atoms with Crippen molar-refractivity contribution in [3.63, 3.8) is 0 Å². The topological polar surface area (TPSA) is 98.9 Å². The summed E-state index contributed by atoms with van der Waals surface area (Å²) < 4.78 is 56.9. The number of halogens is 3. The van der Waals surface area contributed by atoms with Crippen LogP contribution in [-0.2, 0) is 14.3 Å². The van der Waals surface area contributed by atoms with Gasteiger partial charge in [-0.3, -0.25) is 0 Å². The van der Waals surface area contributed by atoms with E-state index >= 15 is 0 Å². The Bertz CT molecular complexity index is 720. The second kappa shape index (κ2) is 6.74. The minimum Gasteiger partial charge on any atom is -0.507 e. The van der Waals surface area contributed by atoms with E-state index in [1.165, 1.54) is 7.11 Å². The van der Waals surface area contributed by atoms with E-state index in [0.717, 1.165) is 13.2 Å². The molecule has 0 aliphatic carbocycles. The number of benzene rings is 1. The molecule has 0 saturated heterocycles. The molecule has 0 radical (unpaired) electrons. The highest BCUT2D eigenvalue weighted by Crippen LogP contribution is 2.44. The third-order valence-corrected chi connectivity index (χ3v) is 2.66. The molecule has 1 aliphatic heterocycles. The number of rotatable bonds is 5. The van der Waals surface area contributed by atoms with Crippen LogP contribution in [0.5, 0.6) is 11.5 Å². The van der Waals surface area contributed by atoms with Crippen molar-refractivity contribution >= 4 is 11.7 Å². The molecule has 1 aliphatic rings. The van der Waals surface area contributed by atoms with Gasteiger partial charge in [0.25, 0.3) is 0 Å². The van der Waals surface area contributed by atoms with Crippen molar-refractivity contribution in [2.45, 2.75) is 6.29 Å². The van der Waals surface area contributed by atoms with Crippen LogP contribution in [0.15, 0.2) is 33.8 Å². The van der Waals surface area contributed by atoms with E-state index in [0.29, 0.717) is 6.07 Å². The Morgan fingerprint density at radius 2 is 1.92 bits per heavy atom. The van der Waals surface area contributed by atoms with E-state index < -0.39 is 46.7 Å². The molecule has 0 atom stereocenters. The first-order valence-corrected chi connectivity index (χ1v) is 6.28. The molecule has 0 aromatic heterocycles. The summed E-state index contributed by atoms with van der Waals surface area (Å²) in [6, 6.07) is 1.43. The van der Waals surface area contributed by atoms with Crippen LogP contribution in [0, 0.1) is 5.82 Å². The highest BCUT2D eigenvalue weighted by molar-refractivity contribution is 5.88. The molecule has 0 saturated carbocycles. The highest BCUT2D eigenvalue weighted by Gasteiger charge is 2.44. The van der Waals surface area contributed by atoms with Gasteiger partial charge < -0.3 is 24.1 Å². The Balaban J connectivity index is 2.34. The van der Waals surface area contributed by atoms with Crippen LogP contribution >= 0.6 is 0 Å². The molecule has 24 heavy (non-hydrogen) atoms. The molecule has 0 bridgehead atoms. The maximum Gasteiger partial charge on any atom is 0.586 e. The predicted octanol–water partition coefficient (Wildman–Crippen LogP) is 2.82. The lowest BCUT2D eigenvalue weighted by molar-refractivity contribution is -0.286. The number of methoxy groups -OCH3 is 2. The molecule has 8 nitrogen and oxygen atoms in total. The number of ether oxygens (including phenoxy) is 4. The maximum atomic E-state index is 13.8. The molecular weight excluding hydrogens is 337 g/mol. The lowest BCUT2D eigenvalue weighted by Gasteiger charge is -2.04. The first-order valence-electron chi connectivity index (χ1n) is 6.28. The Morgan fingerprint density at radius 1 is 1.29 bits per heavy atom. The molecule has 0 spiro atoms. The van der Waals surface area contributed by atoms with Crippen LogP contribution < -0.4 is 9.47 Å². The fraction of sp³-hybridized carbons (Fsp3) is 0.308. The van der Waals surface area contributed by atoms with Gasteiger partial charge in [0.15, 0.2) is 23.1 Å². The lowest BCUT2D eigenvalue weighted by Crippen LogP contribution is -2.25. The van der Waals surface area contributed by atoms with Gasteiger partial charge >= 0.3 is 12.3 Å². The fourth-order valence-electron chi connectivity index (χ4n) is 1.66. The standard InChI is InChI=1S/C13H11F3N2O6/c1-21-5-8(19)11(12(20)22-2)18-17-7-4-10-9(3-6(7)14)23-13(15,16)24-10/h3-4,19H,5H2,1-2H3. The quantitative estimate of drug-likeness (QED) is 0.380. The zero-order valence-corrected chi connectivity index (χ0v) is 12.4. The third-order valence-electron chi connectivity index (χ3n) is 2.66. The average molecular weight is 348 g/mol. The highest BCUT2D eigenvalue weighted by atomic mass is 19.3. The number of nitrogens with zero attached hydrogens (tertiary/aromatic N) is 2. The van der Waals surface area contributed by atoms with Gasteiger partial charge in [-0.25, -0.2) is 9.18 Å². The van der Waals surface area contributed by atoms with Crippen molar-refractivity contribution in [1.29, 1.82) is 0 Å². The molecular formula is C13H11F3N2O6. The average Bonchev–Trinajstić information content (AvgIpc) is 2.80. The fourth-order valence-corrected chi connectivity index (χ4v) is 1.66. The molecule has 1 heterocycles. The van der Waals surface area contributed by atoms with Crippen LogP contribution in [0.3, 0.4) is 0 Å². The summed E-state index contributed by atoms with van der Waals surface area (Å²) >= 11 is 0. The monoisotopic (exact) mass is 348 g/mol. The van der Waals surface area contributed by atoms with Gasteiger partial charge in [-0.05, 0) is 0 Å². The summed E-state index contributed by atoms with van der Waals surface area (Å²) in [6.45, 7) is -0.376. The van der Waals surface area contributed by atoms with Gasteiger partial charge in [-0.1, -0.05) is 0 Å². The van der Waals surface area contributed by atoms with E-state index in [-0.39, 0.29) is 6.61 Å². The van der Waals surface area contributed by atoms with Crippen LogP contribution in [0.25, 0.3) is 0 Å². The van der Waals surface area contributed by atoms with Gasteiger partial charge in [0, 0.05) is 19.2 Å². The minimum absolute atomic E-state index is 0.376. The number of azo groups is 1. The summed E-state index contributed by atoms with van der Waals surface area (Å²) in [5.41, 5.74) is -1.16. The molecule has 130 valence electrons. The van der Waals surface area contributed by atoms with E-state index in [4.69, 9.17) is 0 Å². The van der Waals surface area contributed by atoms with E-state index in [9.17, 15) is 23.1 Å². The third kappa shape index (κ3) is 3.74. The van der Waals surface area contributed by atoms with Crippen LogP contribution in [0.4, 0.5) is 18.9 Å². The molecule has 0 fully saturated rings. The largest absolute Gasteiger partial charge is 0.586 e. The predicted molar refractivity (Wildman–Crippen MR) is 70.7 cm³/mol. The number of hydrogen-bond donors (Lipinski definition) is 1. The molecule has 1 aromatic rings.